The smallest absolute Gasteiger partial charge is 0.0609 e. The van der Waals surface area contributed by atoms with Crippen LogP contribution in [0.15, 0.2) is 42.0 Å². The Kier molecular flexibility index (Phi) is 3.22. The summed E-state index contributed by atoms with van der Waals surface area (Å²) >= 11 is 0. The molecule has 15 heavy (non-hydrogen) atoms. The lowest BCUT2D eigenvalue weighted by Crippen LogP contribution is -2.24. The molecule has 1 aromatic rings. The summed E-state index contributed by atoms with van der Waals surface area (Å²) in [5.74, 6) is 0.307. The minimum absolute atomic E-state index is 0.158. The van der Waals surface area contributed by atoms with Crippen molar-refractivity contribution in [2.45, 2.75) is 32.3 Å². The third-order valence-electron chi connectivity index (χ3n) is 3.14. The molecule has 0 saturated carbocycles. The first-order valence-corrected chi connectivity index (χ1v) is 5.65. The molecule has 2 atom stereocenters. The maximum Gasteiger partial charge on any atom is 0.0609 e. The summed E-state index contributed by atoms with van der Waals surface area (Å²) in [6.07, 6.45) is 5.00. The SMILES string of the molecule is CC1=CC(Cc2ccccc2)C(O)CC1. The Bertz CT molecular complexity index is 340. The second kappa shape index (κ2) is 4.63. The number of hydrogen-bond donors (Lipinski definition) is 1. The Morgan fingerprint density at radius 2 is 2.00 bits per heavy atom. The highest BCUT2D eigenvalue weighted by Crippen LogP contribution is 2.25. The van der Waals surface area contributed by atoms with Crippen LogP contribution in [0.3, 0.4) is 0 Å². The Morgan fingerprint density at radius 3 is 2.73 bits per heavy atom. The first-order valence-electron chi connectivity index (χ1n) is 5.65. The van der Waals surface area contributed by atoms with Crippen molar-refractivity contribution in [2.24, 2.45) is 5.92 Å². The van der Waals surface area contributed by atoms with Crippen molar-refractivity contribution in [3.05, 3.63) is 47.5 Å². The van der Waals surface area contributed by atoms with Crippen molar-refractivity contribution < 1.29 is 5.11 Å². The molecule has 2 rings (SSSR count). The second-order valence-electron chi connectivity index (χ2n) is 4.47. The molecule has 1 N–H and O–H groups in total. The lowest BCUT2D eigenvalue weighted by molar-refractivity contribution is 0.114. The molecule has 80 valence electrons. The summed E-state index contributed by atoms with van der Waals surface area (Å²) < 4.78 is 0. The molecule has 0 saturated heterocycles. The molecule has 2 unspecified atom stereocenters. The van der Waals surface area contributed by atoms with Crippen molar-refractivity contribution in [3.8, 4) is 0 Å². The van der Waals surface area contributed by atoms with Gasteiger partial charge in [0.25, 0.3) is 0 Å². The monoisotopic (exact) mass is 202 g/mol. The third-order valence-corrected chi connectivity index (χ3v) is 3.14. The highest BCUT2D eigenvalue weighted by atomic mass is 16.3. The fraction of sp³-hybridized carbons (Fsp3) is 0.429. The minimum Gasteiger partial charge on any atom is -0.392 e. The van der Waals surface area contributed by atoms with Gasteiger partial charge >= 0.3 is 0 Å². The summed E-state index contributed by atoms with van der Waals surface area (Å²) in [5.41, 5.74) is 2.73. The second-order valence-corrected chi connectivity index (χ2v) is 4.47. The maximum absolute atomic E-state index is 9.90. The van der Waals surface area contributed by atoms with Crippen molar-refractivity contribution in [1.29, 1.82) is 0 Å². The van der Waals surface area contributed by atoms with Gasteiger partial charge in [-0.15, -0.1) is 0 Å². The number of allylic oxidation sites excluding steroid dienone is 1. The van der Waals surface area contributed by atoms with Gasteiger partial charge in [-0.3, -0.25) is 0 Å². The van der Waals surface area contributed by atoms with Crippen LogP contribution in [0.5, 0.6) is 0 Å². The molecule has 0 aromatic heterocycles. The van der Waals surface area contributed by atoms with Crippen molar-refractivity contribution >= 4 is 0 Å². The first-order chi connectivity index (χ1) is 7.25. The van der Waals surface area contributed by atoms with E-state index < -0.39 is 0 Å². The van der Waals surface area contributed by atoms with Crippen molar-refractivity contribution in [2.75, 3.05) is 0 Å². The van der Waals surface area contributed by atoms with Crippen LogP contribution in [-0.2, 0) is 6.42 Å². The van der Waals surface area contributed by atoms with Gasteiger partial charge in [0.2, 0.25) is 0 Å². The van der Waals surface area contributed by atoms with Crippen molar-refractivity contribution in [3.63, 3.8) is 0 Å². The summed E-state index contributed by atoms with van der Waals surface area (Å²) in [6, 6.07) is 10.4. The molecule has 1 aromatic carbocycles. The van der Waals surface area contributed by atoms with Gasteiger partial charge in [0.15, 0.2) is 0 Å². The standard InChI is InChI=1S/C14H18O/c1-11-7-8-14(15)13(9-11)10-12-5-3-2-4-6-12/h2-6,9,13-15H,7-8,10H2,1H3. The predicted octanol–water partition coefficient (Wildman–Crippen LogP) is 2.95. The normalized spacial score (nSPS) is 26.1. The van der Waals surface area contributed by atoms with Crippen LogP contribution < -0.4 is 0 Å². The van der Waals surface area contributed by atoms with Gasteiger partial charge in [-0.25, -0.2) is 0 Å². The highest BCUT2D eigenvalue weighted by molar-refractivity contribution is 5.18. The zero-order valence-corrected chi connectivity index (χ0v) is 9.19. The largest absolute Gasteiger partial charge is 0.392 e. The van der Waals surface area contributed by atoms with Crippen LogP contribution in [-0.4, -0.2) is 11.2 Å². The van der Waals surface area contributed by atoms with E-state index in [1.165, 1.54) is 11.1 Å². The fourth-order valence-corrected chi connectivity index (χ4v) is 2.23. The average Bonchev–Trinajstić information content (AvgIpc) is 2.25. The molecule has 0 radical (unpaired) electrons. The number of benzene rings is 1. The van der Waals surface area contributed by atoms with E-state index in [1.54, 1.807) is 0 Å². The molecule has 1 heteroatoms. The van der Waals surface area contributed by atoms with E-state index in [4.69, 9.17) is 0 Å². The van der Waals surface area contributed by atoms with Crippen LogP contribution in [0.25, 0.3) is 0 Å². The molecular formula is C14H18O. The van der Waals surface area contributed by atoms with Gasteiger partial charge in [0.05, 0.1) is 6.10 Å². The van der Waals surface area contributed by atoms with Crippen LogP contribution >= 0.6 is 0 Å². The van der Waals surface area contributed by atoms with Gasteiger partial charge in [-0.1, -0.05) is 42.0 Å². The highest BCUT2D eigenvalue weighted by Gasteiger charge is 2.21. The Morgan fingerprint density at radius 1 is 1.27 bits per heavy atom. The average molecular weight is 202 g/mol. The molecule has 1 aliphatic rings. The lowest BCUT2D eigenvalue weighted by atomic mass is 9.84. The molecule has 0 amide bonds. The number of hydrogen-bond acceptors (Lipinski definition) is 1. The van der Waals surface area contributed by atoms with Crippen molar-refractivity contribution in [1.82, 2.24) is 0 Å². The fourth-order valence-electron chi connectivity index (χ4n) is 2.23. The number of rotatable bonds is 2. The first kappa shape index (κ1) is 10.4. The Labute approximate surface area is 91.4 Å². The van der Waals surface area contributed by atoms with Gasteiger partial charge in [-0.2, -0.15) is 0 Å². The van der Waals surface area contributed by atoms with E-state index >= 15 is 0 Å². The molecule has 1 aliphatic carbocycles. The van der Waals surface area contributed by atoms with E-state index in [0.717, 1.165) is 19.3 Å². The molecule has 0 heterocycles. The van der Waals surface area contributed by atoms with Crippen LogP contribution in [0.1, 0.15) is 25.3 Å². The van der Waals surface area contributed by atoms with E-state index in [2.05, 4.69) is 37.3 Å². The molecule has 0 spiro atoms. The molecule has 0 bridgehead atoms. The molecule has 0 fully saturated rings. The van der Waals surface area contributed by atoms with Crippen LogP contribution in [0, 0.1) is 5.92 Å². The Balaban J connectivity index is 2.08. The summed E-state index contributed by atoms with van der Waals surface area (Å²) in [5, 5.41) is 9.90. The minimum atomic E-state index is -0.158. The number of aliphatic hydroxyl groups excluding tert-OH is 1. The van der Waals surface area contributed by atoms with Gasteiger partial charge in [-0.05, 0) is 31.7 Å². The Hall–Kier alpha value is -1.08. The van der Waals surface area contributed by atoms with Crippen LogP contribution in [0.2, 0.25) is 0 Å². The zero-order chi connectivity index (χ0) is 10.7. The summed E-state index contributed by atoms with van der Waals surface area (Å²) in [6.45, 7) is 2.16. The topological polar surface area (TPSA) is 20.2 Å². The number of aliphatic hydroxyl groups is 1. The van der Waals surface area contributed by atoms with E-state index in [9.17, 15) is 5.11 Å². The molecule has 0 aliphatic heterocycles. The third kappa shape index (κ3) is 2.69. The van der Waals surface area contributed by atoms with Gasteiger partial charge in [0.1, 0.15) is 0 Å². The maximum atomic E-state index is 9.90. The lowest BCUT2D eigenvalue weighted by Gasteiger charge is -2.25. The zero-order valence-electron chi connectivity index (χ0n) is 9.19. The summed E-state index contributed by atoms with van der Waals surface area (Å²) in [4.78, 5) is 0. The predicted molar refractivity (Wildman–Crippen MR) is 62.6 cm³/mol. The quantitative estimate of drug-likeness (QED) is 0.731. The van der Waals surface area contributed by atoms with E-state index in [0.29, 0.717) is 5.92 Å². The van der Waals surface area contributed by atoms with E-state index in [1.807, 2.05) is 6.07 Å². The van der Waals surface area contributed by atoms with Crippen LogP contribution in [0.4, 0.5) is 0 Å². The summed E-state index contributed by atoms with van der Waals surface area (Å²) in [7, 11) is 0. The van der Waals surface area contributed by atoms with E-state index in [-0.39, 0.29) is 6.10 Å². The van der Waals surface area contributed by atoms with Gasteiger partial charge < -0.3 is 5.11 Å². The van der Waals surface area contributed by atoms with Gasteiger partial charge in [0, 0.05) is 5.92 Å². The molecular weight excluding hydrogens is 184 g/mol. The molecule has 1 nitrogen and oxygen atoms in total.